The SMILES string of the molecule is COc1c(Br)cc(C[C@H](NC(=O)OC(C)(C)C)C(=O)O)cc1Br. The highest BCUT2D eigenvalue weighted by Crippen LogP contribution is 2.34. The van der Waals surface area contributed by atoms with Crippen LogP contribution in [0.5, 0.6) is 5.75 Å². The van der Waals surface area contributed by atoms with Crippen LogP contribution in [0.2, 0.25) is 0 Å². The summed E-state index contributed by atoms with van der Waals surface area (Å²) < 4.78 is 11.7. The van der Waals surface area contributed by atoms with Crippen LogP contribution in [0.3, 0.4) is 0 Å². The van der Waals surface area contributed by atoms with Crippen LogP contribution in [0, 0.1) is 0 Å². The van der Waals surface area contributed by atoms with E-state index in [4.69, 9.17) is 9.47 Å². The molecule has 0 fully saturated rings. The highest BCUT2D eigenvalue weighted by Gasteiger charge is 2.24. The molecular formula is C15H19Br2NO5. The summed E-state index contributed by atoms with van der Waals surface area (Å²) in [7, 11) is 1.54. The molecule has 0 spiro atoms. The van der Waals surface area contributed by atoms with Gasteiger partial charge in [0.15, 0.2) is 0 Å². The van der Waals surface area contributed by atoms with E-state index in [1.54, 1.807) is 32.9 Å². The number of ether oxygens (including phenoxy) is 2. The molecule has 0 aliphatic carbocycles. The van der Waals surface area contributed by atoms with Crippen molar-refractivity contribution in [1.29, 1.82) is 0 Å². The summed E-state index contributed by atoms with van der Waals surface area (Å²) in [6, 6.07) is 2.39. The van der Waals surface area contributed by atoms with Crippen molar-refractivity contribution >= 4 is 43.9 Å². The topological polar surface area (TPSA) is 84.9 Å². The third-order valence-electron chi connectivity index (χ3n) is 2.69. The minimum atomic E-state index is -1.14. The minimum absolute atomic E-state index is 0.107. The molecule has 1 aromatic carbocycles. The van der Waals surface area contributed by atoms with Gasteiger partial charge in [0.05, 0.1) is 16.1 Å². The monoisotopic (exact) mass is 451 g/mol. The van der Waals surface area contributed by atoms with Gasteiger partial charge in [0.2, 0.25) is 0 Å². The van der Waals surface area contributed by atoms with Gasteiger partial charge in [-0.2, -0.15) is 0 Å². The molecule has 128 valence electrons. The van der Waals surface area contributed by atoms with Gasteiger partial charge in [0.25, 0.3) is 0 Å². The summed E-state index contributed by atoms with van der Waals surface area (Å²) >= 11 is 6.72. The molecule has 1 aromatic rings. The zero-order chi connectivity index (χ0) is 17.8. The van der Waals surface area contributed by atoms with E-state index in [0.29, 0.717) is 20.3 Å². The van der Waals surface area contributed by atoms with E-state index in [0.717, 1.165) is 0 Å². The number of carboxylic acid groups (broad SMARTS) is 1. The molecule has 0 aromatic heterocycles. The number of hydrogen-bond acceptors (Lipinski definition) is 4. The predicted molar refractivity (Wildman–Crippen MR) is 92.9 cm³/mol. The van der Waals surface area contributed by atoms with Crippen molar-refractivity contribution in [3.8, 4) is 5.75 Å². The van der Waals surface area contributed by atoms with Gasteiger partial charge in [0.1, 0.15) is 17.4 Å². The Kier molecular flexibility index (Phi) is 6.88. The predicted octanol–water partition coefficient (Wildman–Crippen LogP) is 3.74. The molecule has 0 heterocycles. The lowest BCUT2D eigenvalue weighted by molar-refractivity contribution is -0.139. The Morgan fingerprint density at radius 2 is 1.78 bits per heavy atom. The summed E-state index contributed by atoms with van der Waals surface area (Å²) in [6.45, 7) is 5.13. The molecule has 1 rings (SSSR count). The number of aliphatic carboxylic acids is 1. The quantitative estimate of drug-likeness (QED) is 0.710. The van der Waals surface area contributed by atoms with Crippen LogP contribution in [0.15, 0.2) is 21.1 Å². The fraction of sp³-hybridized carbons (Fsp3) is 0.467. The second-order valence-corrected chi connectivity index (χ2v) is 7.54. The van der Waals surface area contributed by atoms with Crippen molar-refractivity contribution in [2.75, 3.05) is 7.11 Å². The molecule has 1 atom stereocenters. The van der Waals surface area contributed by atoms with E-state index < -0.39 is 23.7 Å². The Morgan fingerprint density at radius 3 is 2.17 bits per heavy atom. The molecular weight excluding hydrogens is 434 g/mol. The lowest BCUT2D eigenvalue weighted by atomic mass is 10.1. The summed E-state index contributed by atoms with van der Waals surface area (Å²) in [5, 5.41) is 11.7. The molecule has 0 radical (unpaired) electrons. The number of alkyl carbamates (subject to hydrolysis) is 1. The molecule has 6 nitrogen and oxygen atoms in total. The number of amides is 1. The van der Waals surface area contributed by atoms with Crippen molar-refractivity contribution < 1.29 is 24.2 Å². The van der Waals surface area contributed by atoms with Crippen molar-refractivity contribution in [1.82, 2.24) is 5.32 Å². The highest BCUT2D eigenvalue weighted by molar-refractivity contribution is 9.11. The van der Waals surface area contributed by atoms with Gasteiger partial charge in [-0.3, -0.25) is 0 Å². The lowest BCUT2D eigenvalue weighted by Gasteiger charge is -2.22. The Morgan fingerprint density at radius 1 is 1.26 bits per heavy atom. The van der Waals surface area contributed by atoms with Gasteiger partial charge in [-0.15, -0.1) is 0 Å². The summed E-state index contributed by atoms with van der Waals surface area (Å²) in [5.74, 6) is -0.528. The zero-order valence-corrected chi connectivity index (χ0v) is 16.4. The number of carbonyl (C=O) groups is 2. The van der Waals surface area contributed by atoms with Gasteiger partial charge in [0, 0.05) is 6.42 Å². The molecule has 0 bridgehead atoms. The number of benzene rings is 1. The van der Waals surface area contributed by atoms with Crippen molar-refractivity contribution in [3.05, 3.63) is 26.6 Å². The lowest BCUT2D eigenvalue weighted by Crippen LogP contribution is -2.44. The second kappa shape index (κ2) is 8.01. The van der Waals surface area contributed by atoms with Crippen LogP contribution in [0.25, 0.3) is 0 Å². The second-order valence-electron chi connectivity index (χ2n) is 5.83. The molecule has 2 N–H and O–H groups in total. The van der Waals surface area contributed by atoms with E-state index in [1.165, 1.54) is 7.11 Å². The number of hydrogen-bond donors (Lipinski definition) is 2. The Labute approximate surface area is 151 Å². The molecule has 0 saturated carbocycles. The third-order valence-corrected chi connectivity index (χ3v) is 3.87. The van der Waals surface area contributed by atoms with E-state index in [9.17, 15) is 14.7 Å². The fourth-order valence-corrected chi connectivity index (χ4v) is 3.42. The summed E-state index contributed by atoms with van der Waals surface area (Å²) in [4.78, 5) is 23.1. The Hall–Kier alpha value is -1.28. The van der Waals surface area contributed by atoms with E-state index >= 15 is 0 Å². The van der Waals surface area contributed by atoms with Crippen LogP contribution in [0.1, 0.15) is 26.3 Å². The van der Waals surface area contributed by atoms with Crippen molar-refractivity contribution in [2.45, 2.75) is 38.8 Å². The van der Waals surface area contributed by atoms with Gasteiger partial charge >= 0.3 is 12.1 Å². The van der Waals surface area contributed by atoms with Crippen molar-refractivity contribution in [2.24, 2.45) is 0 Å². The average Bonchev–Trinajstić information content (AvgIpc) is 2.35. The fourth-order valence-electron chi connectivity index (χ4n) is 1.81. The van der Waals surface area contributed by atoms with E-state index in [-0.39, 0.29) is 6.42 Å². The standard InChI is InChI=1S/C15H19Br2NO5/c1-15(2,3)23-14(21)18-11(13(19)20)7-8-5-9(16)12(22-4)10(17)6-8/h5-6,11H,7H2,1-4H3,(H,18,21)(H,19,20)/t11-/m0/s1. The molecule has 0 saturated heterocycles. The first kappa shape index (κ1) is 19.8. The third kappa shape index (κ3) is 6.39. The molecule has 0 aliphatic rings. The van der Waals surface area contributed by atoms with Crippen LogP contribution in [-0.2, 0) is 16.0 Å². The van der Waals surface area contributed by atoms with Crippen LogP contribution < -0.4 is 10.1 Å². The number of carboxylic acids is 1. The number of methoxy groups -OCH3 is 1. The first-order chi connectivity index (χ1) is 10.5. The number of halogens is 2. The normalized spacial score (nSPS) is 12.4. The maximum absolute atomic E-state index is 11.8. The number of carbonyl (C=O) groups excluding carboxylic acids is 1. The van der Waals surface area contributed by atoms with Gasteiger partial charge in [-0.05, 0) is 70.3 Å². The minimum Gasteiger partial charge on any atom is -0.494 e. The van der Waals surface area contributed by atoms with Gasteiger partial charge in [-0.25, -0.2) is 9.59 Å². The van der Waals surface area contributed by atoms with Crippen molar-refractivity contribution in [3.63, 3.8) is 0 Å². The first-order valence-corrected chi connectivity index (χ1v) is 8.36. The first-order valence-electron chi connectivity index (χ1n) is 6.77. The van der Waals surface area contributed by atoms with Gasteiger partial charge in [-0.1, -0.05) is 0 Å². The Bertz CT molecular complexity index is 575. The molecule has 0 aliphatic heterocycles. The van der Waals surface area contributed by atoms with Crippen LogP contribution >= 0.6 is 31.9 Å². The maximum Gasteiger partial charge on any atom is 0.408 e. The van der Waals surface area contributed by atoms with E-state index in [1.807, 2.05) is 0 Å². The zero-order valence-electron chi connectivity index (χ0n) is 13.3. The Balaban J connectivity index is 2.89. The summed E-state index contributed by atoms with van der Waals surface area (Å²) in [5.41, 5.74) is 0.0206. The van der Waals surface area contributed by atoms with E-state index in [2.05, 4.69) is 37.2 Å². The highest BCUT2D eigenvalue weighted by atomic mass is 79.9. The average molecular weight is 453 g/mol. The molecule has 0 unspecified atom stereocenters. The maximum atomic E-state index is 11.8. The number of nitrogens with one attached hydrogen (secondary N) is 1. The summed E-state index contributed by atoms with van der Waals surface area (Å²) in [6.07, 6.45) is -0.660. The van der Waals surface area contributed by atoms with Crippen LogP contribution in [-0.4, -0.2) is 35.9 Å². The number of rotatable bonds is 5. The van der Waals surface area contributed by atoms with Crippen LogP contribution in [0.4, 0.5) is 4.79 Å². The smallest absolute Gasteiger partial charge is 0.408 e. The molecule has 8 heteroatoms. The molecule has 23 heavy (non-hydrogen) atoms. The van der Waals surface area contributed by atoms with Gasteiger partial charge < -0.3 is 19.9 Å². The molecule has 1 amide bonds. The largest absolute Gasteiger partial charge is 0.494 e.